The molecule has 3 unspecified atom stereocenters. The van der Waals surface area contributed by atoms with Crippen molar-refractivity contribution in [2.45, 2.75) is 77.2 Å². The van der Waals surface area contributed by atoms with Gasteiger partial charge in [0.25, 0.3) is 0 Å². The van der Waals surface area contributed by atoms with Crippen LogP contribution in [-0.2, 0) is 22.5 Å². The van der Waals surface area contributed by atoms with Crippen LogP contribution in [0.15, 0.2) is 47.4 Å². The summed E-state index contributed by atoms with van der Waals surface area (Å²) in [6, 6.07) is 12.5. The molecule has 2 saturated heterocycles. The minimum atomic E-state index is -0.435. The molecule has 1 amide bonds. The number of carbonyl (C=O) groups is 1. The molecular formula is C29H38N6O4. The van der Waals surface area contributed by atoms with Crippen molar-refractivity contribution in [3.63, 3.8) is 0 Å². The molecule has 10 heteroatoms. The second kappa shape index (κ2) is 10.9. The Balaban J connectivity index is 1.42. The van der Waals surface area contributed by atoms with Gasteiger partial charge in [-0.25, -0.2) is 9.78 Å². The molecule has 0 aliphatic carbocycles. The Morgan fingerprint density at radius 2 is 1.92 bits per heavy atom. The number of hydrogen-bond donors (Lipinski definition) is 1. The summed E-state index contributed by atoms with van der Waals surface area (Å²) in [5.41, 5.74) is 0.902. The number of morpholine rings is 1. The first-order valence-corrected chi connectivity index (χ1v) is 13.6. The number of carbonyl (C=O) groups excluding carboxylic acids is 1. The number of rotatable bonds is 8. The summed E-state index contributed by atoms with van der Waals surface area (Å²) >= 11 is 0. The lowest BCUT2D eigenvalue weighted by Gasteiger charge is -2.39. The van der Waals surface area contributed by atoms with Gasteiger partial charge < -0.3 is 14.8 Å². The number of nitrogens with zero attached hydrogens (tertiary/aromatic N) is 5. The molecule has 3 atom stereocenters. The van der Waals surface area contributed by atoms with Crippen LogP contribution in [0.3, 0.4) is 0 Å². The van der Waals surface area contributed by atoms with Crippen molar-refractivity contribution in [1.29, 1.82) is 0 Å². The summed E-state index contributed by atoms with van der Waals surface area (Å²) in [7, 11) is 1.58. The maximum atomic E-state index is 13.6. The van der Waals surface area contributed by atoms with Crippen molar-refractivity contribution in [3.05, 3.63) is 58.6 Å². The first-order valence-electron chi connectivity index (χ1n) is 13.6. The molecule has 3 aromatic rings. The lowest BCUT2D eigenvalue weighted by atomic mass is 10.1. The predicted molar refractivity (Wildman–Crippen MR) is 148 cm³/mol. The lowest BCUT2D eigenvalue weighted by Crippen LogP contribution is -2.50. The molecule has 39 heavy (non-hydrogen) atoms. The van der Waals surface area contributed by atoms with Gasteiger partial charge in [0.05, 0.1) is 20.3 Å². The second-order valence-electron chi connectivity index (χ2n) is 11.6. The van der Waals surface area contributed by atoms with Crippen LogP contribution in [0.1, 0.15) is 46.1 Å². The average molecular weight is 535 g/mol. The highest BCUT2D eigenvalue weighted by Crippen LogP contribution is 2.31. The Kier molecular flexibility index (Phi) is 7.59. The predicted octanol–water partition coefficient (Wildman–Crippen LogP) is 2.81. The van der Waals surface area contributed by atoms with Crippen molar-refractivity contribution in [3.8, 4) is 23.0 Å². The van der Waals surface area contributed by atoms with E-state index < -0.39 is 11.2 Å². The molecule has 2 aromatic heterocycles. The van der Waals surface area contributed by atoms with Crippen LogP contribution < -0.4 is 15.7 Å². The zero-order valence-corrected chi connectivity index (χ0v) is 23.4. The SMILES string of the molecule is COc1cccc(-c2nn(-c3ccc(CC(C)N4C5CCC4COC5)cn3)c(=O)n2CC(=O)NC(C)(C)C)c1. The molecule has 0 spiro atoms. The Bertz CT molecular complexity index is 1360. The third kappa shape index (κ3) is 5.91. The molecule has 2 bridgehead atoms. The summed E-state index contributed by atoms with van der Waals surface area (Å²) in [6.45, 7) is 9.42. The number of benzene rings is 1. The molecular weight excluding hydrogens is 496 g/mol. The summed E-state index contributed by atoms with van der Waals surface area (Å²) in [4.78, 5) is 33.6. The van der Waals surface area contributed by atoms with Crippen LogP contribution in [0.25, 0.3) is 17.2 Å². The number of aromatic nitrogens is 4. The van der Waals surface area contributed by atoms with Gasteiger partial charge in [-0.05, 0) is 70.7 Å². The van der Waals surface area contributed by atoms with E-state index in [4.69, 9.17) is 9.47 Å². The minimum absolute atomic E-state index is 0.167. The van der Waals surface area contributed by atoms with E-state index in [0.29, 0.717) is 41.1 Å². The van der Waals surface area contributed by atoms with Crippen LogP contribution in [-0.4, -0.2) is 74.1 Å². The standard InChI is InChI=1S/C29H38N6O4/c1-19(34-22-10-11-23(34)18-39-17-22)13-20-9-12-25(30-15-20)35-28(37)33(16-26(36)31-29(2,3)4)27(32-35)21-7-6-8-24(14-21)38-5/h6-9,12,14-15,19,22-23H,10-11,13,16-18H2,1-5H3,(H,31,36). The third-order valence-corrected chi connectivity index (χ3v) is 7.37. The summed E-state index contributed by atoms with van der Waals surface area (Å²) in [5.74, 6) is 1.13. The minimum Gasteiger partial charge on any atom is -0.497 e. The van der Waals surface area contributed by atoms with Gasteiger partial charge in [0.1, 0.15) is 12.3 Å². The van der Waals surface area contributed by atoms with Crippen molar-refractivity contribution < 1.29 is 14.3 Å². The summed E-state index contributed by atoms with van der Waals surface area (Å²) in [6.07, 6.45) is 5.07. The molecule has 10 nitrogen and oxygen atoms in total. The van der Waals surface area contributed by atoms with E-state index in [1.165, 1.54) is 22.1 Å². The van der Waals surface area contributed by atoms with E-state index in [1.54, 1.807) is 13.2 Å². The van der Waals surface area contributed by atoms with Crippen LogP contribution in [0, 0.1) is 0 Å². The Hall–Kier alpha value is -3.50. The van der Waals surface area contributed by atoms with E-state index in [-0.39, 0.29) is 12.5 Å². The first kappa shape index (κ1) is 27.1. The molecule has 0 saturated carbocycles. The van der Waals surface area contributed by atoms with Gasteiger partial charge in [0, 0.05) is 35.4 Å². The van der Waals surface area contributed by atoms with Crippen LogP contribution >= 0.6 is 0 Å². The van der Waals surface area contributed by atoms with Gasteiger partial charge in [0.2, 0.25) is 5.91 Å². The van der Waals surface area contributed by atoms with Crippen LogP contribution in [0.5, 0.6) is 5.75 Å². The van der Waals surface area contributed by atoms with Crippen molar-refractivity contribution in [2.75, 3.05) is 20.3 Å². The molecule has 1 N–H and O–H groups in total. The maximum Gasteiger partial charge on any atom is 0.352 e. The Morgan fingerprint density at radius 3 is 2.56 bits per heavy atom. The van der Waals surface area contributed by atoms with E-state index in [1.807, 2.05) is 57.3 Å². The average Bonchev–Trinajstić information content (AvgIpc) is 3.35. The van der Waals surface area contributed by atoms with Gasteiger partial charge >= 0.3 is 5.69 Å². The molecule has 0 radical (unpaired) electrons. The summed E-state index contributed by atoms with van der Waals surface area (Å²) in [5, 5.41) is 7.53. The first-order chi connectivity index (χ1) is 18.6. The molecule has 5 rings (SSSR count). The molecule has 1 aromatic carbocycles. The zero-order chi connectivity index (χ0) is 27.7. The van der Waals surface area contributed by atoms with E-state index in [2.05, 4.69) is 27.2 Å². The number of amides is 1. The van der Waals surface area contributed by atoms with Crippen LogP contribution in [0.4, 0.5) is 0 Å². The quantitative estimate of drug-likeness (QED) is 0.474. The van der Waals surface area contributed by atoms with Gasteiger partial charge in [-0.15, -0.1) is 5.10 Å². The van der Waals surface area contributed by atoms with Gasteiger partial charge in [-0.1, -0.05) is 18.2 Å². The Morgan fingerprint density at radius 1 is 1.18 bits per heavy atom. The fourth-order valence-corrected chi connectivity index (χ4v) is 5.75. The second-order valence-corrected chi connectivity index (χ2v) is 11.6. The maximum absolute atomic E-state index is 13.6. The van der Waals surface area contributed by atoms with Crippen molar-refractivity contribution in [2.24, 2.45) is 0 Å². The number of hydrogen-bond acceptors (Lipinski definition) is 7. The smallest absolute Gasteiger partial charge is 0.352 e. The molecule has 2 aliphatic rings. The fourth-order valence-electron chi connectivity index (χ4n) is 5.75. The number of fused-ring (bicyclic) bond motifs is 2. The zero-order valence-electron chi connectivity index (χ0n) is 23.4. The Labute approximate surface area is 228 Å². The molecule has 2 aliphatic heterocycles. The molecule has 208 valence electrons. The fraction of sp³-hybridized carbons (Fsp3) is 0.517. The summed E-state index contributed by atoms with van der Waals surface area (Å²) < 4.78 is 13.7. The van der Waals surface area contributed by atoms with E-state index in [9.17, 15) is 9.59 Å². The highest BCUT2D eigenvalue weighted by Gasteiger charge is 2.39. The highest BCUT2D eigenvalue weighted by atomic mass is 16.5. The number of nitrogens with one attached hydrogen (secondary N) is 1. The lowest BCUT2D eigenvalue weighted by molar-refractivity contribution is -0.123. The number of methoxy groups -OCH3 is 1. The van der Waals surface area contributed by atoms with Gasteiger partial charge in [0.15, 0.2) is 11.6 Å². The largest absolute Gasteiger partial charge is 0.497 e. The van der Waals surface area contributed by atoms with Gasteiger partial charge in [-0.2, -0.15) is 4.68 Å². The number of pyridine rings is 1. The topological polar surface area (TPSA) is 104 Å². The monoisotopic (exact) mass is 534 g/mol. The van der Waals surface area contributed by atoms with Crippen LogP contribution in [0.2, 0.25) is 0 Å². The van der Waals surface area contributed by atoms with Gasteiger partial charge in [-0.3, -0.25) is 14.3 Å². The normalized spacial score (nSPS) is 20.1. The highest BCUT2D eigenvalue weighted by molar-refractivity contribution is 5.77. The number of ether oxygens (including phenoxy) is 2. The van der Waals surface area contributed by atoms with E-state index in [0.717, 1.165) is 25.2 Å². The van der Waals surface area contributed by atoms with E-state index >= 15 is 0 Å². The molecule has 4 heterocycles. The van der Waals surface area contributed by atoms with Crippen molar-refractivity contribution in [1.82, 2.24) is 29.5 Å². The third-order valence-electron chi connectivity index (χ3n) is 7.37. The molecule has 2 fully saturated rings. The van der Waals surface area contributed by atoms with Crippen molar-refractivity contribution >= 4 is 5.91 Å².